The summed E-state index contributed by atoms with van der Waals surface area (Å²) in [5.74, 6) is 1.06. The first kappa shape index (κ1) is 8.34. The second-order valence-corrected chi connectivity index (χ2v) is 2.82. The molecule has 2 nitrogen and oxygen atoms in total. The van der Waals surface area contributed by atoms with Crippen molar-refractivity contribution in [2.45, 2.75) is 19.4 Å². The molecular formula is C9H15NO. The van der Waals surface area contributed by atoms with E-state index >= 15 is 0 Å². The third-order valence-electron chi connectivity index (χ3n) is 1.91. The highest BCUT2D eigenvalue weighted by molar-refractivity contribution is 5.26. The van der Waals surface area contributed by atoms with Gasteiger partial charge in [0, 0.05) is 12.5 Å². The van der Waals surface area contributed by atoms with E-state index in [1.165, 1.54) is 5.57 Å². The molecule has 0 saturated heterocycles. The molecule has 2 heteroatoms. The Kier molecular flexibility index (Phi) is 2.71. The minimum absolute atomic E-state index is 0.440. The number of rotatable bonds is 2. The van der Waals surface area contributed by atoms with Crippen LogP contribution in [0.1, 0.15) is 13.3 Å². The number of hydrogen-bond acceptors (Lipinski definition) is 2. The van der Waals surface area contributed by atoms with Gasteiger partial charge < -0.3 is 10.1 Å². The normalized spacial score (nSPS) is 24.1. The summed E-state index contributed by atoms with van der Waals surface area (Å²) < 4.78 is 5.17. The van der Waals surface area contributed by atoms with Crippen molar-refractivity contribution in [1.29, 1.82) is 0 Å². The molecule has 0 fully saturated rings. The van der Waals surface area contributed by atoms with Crippen LogP contribution in [0.2, 0.25) is 0 Å². The van der Waals surface area contributed by atoms with Crippen molar-refractivity contribution in [3.8, 4) is 0 Å². The van der Waals surface area contributed by atoms with Gasteiger partial charge in [-0.15, -0.1) is 0 Å². The van der Waals surface area contributed by atoms with E-state index in [0.717, 1.165) is 12.2 Å². The maximum atomic E-state index is 5.17. The van der Waals surface area contributed by atoms with E-state index in [0.29, 0.717) is 6.04 Å². The second-order valence-electron chi connectivity index (χ2n) is 2.82. The van der Waals surface area contributed by atoms with E-state index in [9.17, 15) is 0 Å². The predicted octanol–water partition coefficient (Wildman–Crippen LogP) is 1.45. The van der Waals surface area contributed by atoms with Gasteiger partial charge in [0.1, 0.15) is 0 Å². The van der Waals surface area contributed by atoms with Gasteiger partial charge >= 0.3 is 0 Å². The topological polar surface area (TPSA) is 21.3 Å². The third-order valence-corrected chi connectivity index (χ3v) is 1.91. The molecule has 11 heavy (non-hydrogen) atoms. The molecule has 0 bridgehead atoms. The number of likely N-dealkylation sites (N-methyl/N-ethyl adjacent to an activating group) is 1. The minimum atomic E-state index is 0.440. The lowest BCUT2D eigenvalue weighted by Gasteiger charge is -2.18. The molecule has 1 aliphatic carbocycles. The van der Waals surface area contributed by atoms with Crippen LogP contribution in [0, 0.1) is 0 Å². The monoisotopic (exact) mass is 153 g/mol. The van der Waals surface area contributed by atoms with Gasteiger partial charge in [0.15, 0.2) is 0 Å². The van der Waals surface area contributed by atoms with E-state index in [2.05, 4.69) is 24.4 Å². The second kappa shape index (κ2) is 3.58. The molecule has 0 amide bonds. The maximum absolute atomic E-state index is 5.17. The molecule has 1 aliphatic rings. The van der Waals surface area contributed by atoms with Crippen LogP contribution >= 0.6 is 0 Å². The van der Waals surface area contributed by atoms with Gasteiger partial charge in [-0.3, -0.25) is 0 Å². The number of methoxy groups -OCH3 is 1. The first-order valence-corrected chi connectivity index (χ1v) is 3.86. The third kappa shape index (κ3) is 2.09. The van der Waals surface area contributed by atoms with Crippen molar-refractivity contribution >= 4 is 0 Å². The Morgan fingerprint density at radius 3 is 2.91 bits per heavy atom. The van der Waals surface area contributed by atoms with Gasteiger partial charge in [-0.05, 0) is 20.0 Å². The van der Waals surface area contributed by atoms with Crippen LogP contribution < -0.4 is 5.32 Å². The van der Waals surface area contributed by atoms with Crippen LogP contribution in [0.15, 0.2) is 23.5 Å². The molecule has 0 saturated carbocycles. The summed E-state index contributed by atoms with van der Waals surface area (Å²) in [6.07, 6.45) is 5.25. The van der Waals surface area contributed by atoms with Gasteiger partial charge in [0.25, 0.3) is 0 Å². The van der Waals surface area contributed by atoms with Crippen molar-refractivity contribution in [2.24, 2.45) is 0 Å². The summed E-state index contributed by atoms with van der Waals surface area (Å²) in [6, 6.07) is 0.440. The molecule has 1 N–H and O–H groups in total. The molecule has 1 rings (SSSR count). The van der Waals surface area contributed by atoms with E-state index in [1.807, 2.05) is 7.05 Å². The van der Waals surface area contributed by atoms with Gasteiger partial charge in [-0.25, -0.2) is 0 Å². The van der Waals surface area contributed by atoms with Crippen LogP contribution in [0.4, 0.5) is 0 Å². The predicted molar refractivity (Wildman–Crippen MR) is 46.3 cm³/mol. The lowest BCUT2D eigenvalue weighted by atomic mass is 10.0. The zero-order valence-electron chi connectivity index (χ0n) is 7.35. The zero-order valence-corrected chi connectivity index (χ0v) is 7.35. The van der Waals surface area contributed by atoms with Crippen molar-refractivity contribution in [3.05, 3.63) is 23.5 Å². The van der Waals surface area contributed by atoms with Crippen LogP contribution in [-0.2, 0) is 4.74 Å². The summed E-state index contributed by atoms with van der Waals surface area (Å²) in [4.78, 5) is 0. The Bertz CT molecular complexity index is 194. The van der Waals surface area contributed by atoms with Crippen LogP contribution in [0.5, 0.6) is 0 Å². The summed E-state index contributed by atoms with van der Waals surface area (Å²) in [7, 11) is 3.68. The molecule has 0 aromatic rings. The summed E-state index contributed by atoms with van der Waals surface area (Å²) in [5.41, 5.74) is 1.27. The Hall–Kier alpha value is -0.760. The molecule has 0 heterocycles. The highest BCUT2D eigenvalue weighted by atomic mass is 16.5. The van der Waals surface area contributed by atoms with E-state index in [4.69, 9.17) is 4.74 Å². The fraction of sp³-hybridized carbons (Fsp3) is 0.556. The van der Waals surface area contributed by atoms with Gasteiger partial charge in [-0.2, -0.15) is 0 Å². The van der Waals surface area contributed by atoms with Crippen LogP contribution in [0.3, 0.4) is 0 Å². The van der Waals surface area contributed by atoms with Crippen molar-refractivity contribution in [1.82, 2.24) is 5.32 Å². The molecular weight excluding hydrogens is 138 g/mol. The Morgan fingerprint density at radius 1 is 1.64 bits per heavy atom. The number of allylic oxidation sites excluding steroid dienone is 2. The van der Waals surface area contributed by atoms with Gasteiger partial charge in [0.05, 0.1) is 12.9 Å². The quantitative estimate of drug-likeness (QED) is 0.648. The first-order valence-electron chi connectivity index (χ1n) is 3.86. The lowest BCUT2D eigenvalue weighted by Crippen LogP contribution is -2.25. The molecule has 0 aliphatic heterocycles. The maximum Gasteiger partial charge on any atom is 0.0976 e. The molecule has 0 spiro atoms. The van der Waals surface area contributed by atoms with Crippen molar-refractivity contribution in [3.63, 3.8) is 0 Å². The highest BCUT2D eigenvalue weighted by Crippen LogP contribution is 2.17. The Balaban J connectivity index is 2.67. The summed E-state index contributed by atoms with van der Waals surface area (Å²) in [6.45, 7) is 2.09. The molecule has 0 aromatic carbocycles. The van der Waals surface area contributed by atoms with Gasteiger partial charge in [-0.1, -0.05) is 11.6 Å². The van der Waals surface area contributed by atoms with Gasteiger partial charge in [0.2, 0.25) is 0 Å². The molecule has 0 radical (unpaired) electrons. The van der Waals surface area contributed by atoms with Crippen LogP contribution in [-0.4, -0.2) is 20.2 Å². The molecule has 62 valence electrons. The summed E-state index contributed by atoms with van der Waals surface area (Å²) in [5, 5.41) is 3.20. The highest BCUT2D eigenvalue weighted by Gasteiger charge is 2.11. The van der Waals surface area contributed by atoms with E-state index < -0.39 is 0 Å². The average molecular weight is 153 g/mol. The fourth-order valence-electron chi connectivity index (χ4n) is 1.28. The number of ether oxygens (including phenoxy) is 1. The Morgan fingerprint density at radius 2 is 2.36 bits per heavy atom. The SMILES string of the molecule is CN[C@H]1C=C(C)C=C(OC)C1. The van der Waals surface area contributed by atoms with Crippen molar-refractivity contribution in [2.75, 3.05) is 14.2 Å². The standard InChI is InChI=1S/C9H15NO/c1-7-4-8(10-2)6-9(5-7)11-3/h4-5,8,10H,6H2,1-3H3/t8-/m0/s1. The lowest BCUT2D eigenvalue weighted by molar-refractivity contribution is 0.268. The Labute approximate surface area is 67.9 Å². The molecule has 1 atom stereocenters. The first-order chi connectivity index (χ1) is 5.26. The number of nitrogens with one attached hydrogen (secondary N) is 1. The van der Waals surface area contributed by atoms with Crippen molar-refractivity contribution < 1.29 is 4.74 Å². The van der Waals surface area contributed by atoms with E-state index in [1.54, 1.807) is 7.11 Å². The smallest absolute Gasteiger partial charge is 0.0976 e. The summed E-state index contributed by atoms with van der Waals surface area (Å²) >= 11 is 0. The molecule has 0 unspecified atom stereocenters. The number of hydrogen-bond donors (Lipinski definition) is 1. The minimum Gasteiger partial charge on any atom is -0.501 e. The molecule has 0 aromatic heterocycles. The van der Waals surface area contributed by atoms with E-state index in [-0.39, 0.29) is 0 Å². The van der Waals surface area contributed by atoms with Crippen LogP contribution in [0.25, 0.3) is 0 Å². The zero-order chi connectivity index (χ0) is 8.27. The average Bonchev–Trinajstić information content (AvgIpc) is 2.03. The fourth-order valence-corrected chi connectivity index (χ4v) is 1.28. The largest absolute Gasteiger partial charge is 0.501 e.